The summed E-state index contributed by atoms with van der Waals surface area (Å²) >= 11 is 0. The van der Waals surface area contributed by atoms with Crippen LogP contribution in [0, 0.1) is 0 Å². The maximum atomic E-state index is 10.6. The number of carbonyl (C=O) groups excluding carboxylic acids is 2. The zero-order chi connectivity index (χ0) is 8.15. The number of esters is 2. The lowest BCUT2D eigenvalue weighted by Gasteiger charge is -2.06. The van der Waals surface area contributed by atoms with Gasteiger partial charge >= 0.3 is 11.9 Å². The standard InChI is InChI=1S/C6H11NO3/c1-5(8)10-6(9)4-7(2)3/h4H2,1-3H3. The second kappa shape index (κ2) is 4.00. The number of ether oxygens (including phenoxy) is 1. The van der Waals surface area contributed by atoms with Crippen molar-refractivity contribution in [2.45, 2.75) is 6.92 Å². The molecule has 0 fully saturated rings. The SMILES string of the molecule is CC(=O)OC(=O)CN(C)C. The quantitative estimate of drug-likeness (QED) is 0.393. The zero-order valence-electron chi connectivity index (χ0n) is 6.38. The van der Waals surface area contributed by atoms with E-state index in [0.29, 0.717) is 0 Å². The molecule has 0 spiro atoms. The summed E-state index contributed by atoms with van der Waals surface area (Å²) in [6.45, 7) is 1.34. The molecule has 0 N–H and O–H groups in total. The number of carbonyl (C=O) groups is 2. The highest BCUT2D eigenvalue weighted by Gasteiger charge is 2.05. The van der Waals surface area contributed by atoms with Crippen molar-refractivity contribution < 1.29 is 14.3 Å². The molecule has 0 aliphatic carbocycles. The molecule has 0 unspecified atom stereocenters. The minimum atomic E-state index is -0.563. The van der Waals surface area contributed by atoms with Crippen LogP contribution in [0.2, 0.25) is 0 Å². The smallest absolute Gasteiger partial charge is 0.327 e. The lowest BCUT2D eigenvalue weighted by Crippen LogP contribution is -2.24. The molecule has 0 bridgehead atoms. The Morgan fingerprint density at radius 1 is 1.40 bits per heavy atom. The van der Waals surface area contributed by atoms with Crippen LogP contribution in [0.5, 0.6) is 0 Å². The van der Waals surface area contributed by atoms with Gasteiger partial charge in [0.05, 0.1) is 6.54 Å². The van der Waals surface area contributed by atoms with Gasteiger partial charge in [0.25, 0.3) is 0 Å². The van der Waals surface area contributed by atoms with Crippen molar-refractivity contribution in [3.8, 4) is 0 Å². The molecule has 58 valence electrons. The largest absolute Gasteiger partial charge is 0.392 e. The van der Waals surface area contributed by atoms with Crippen molar-refractivity contribution in [1.82, 2.24) is 4.90 Å². The van der Waals surface area contributed by atoms with Crippen LogP contribution in [0.15, 0.2) is 0 Å². The van der Waals surface area contributed by atoms with Crippen LogP contribution >= 0.6 is 0 Å². The van der Waals surface area contributed by atoms with Gasteiger partial charge in [-0.15, -0.1) is 0 Å². The lowest BCUT2D eigenvalue weighted by molar-refractivity contribution is -0.158. The number of likely N-dealkylation sites (N-methyl/N-ethyl adjacent to an activating group) is 1. The first-order chi connectivity index (χ1) is 4.52. The molecule has 0 amide bonds. The van der Waals surface area contributed by atoms with E-state index in [1.165, 1.54) is 6.92 Å². The predicted molar refractivity (Wildman–Crippen MR) is 35.3 cm³/mol. The summed E-state index contributed by atoms with van der Waals surface area (Å²) in [5, 5.41) is 0. The summed E-state index contributed by atoms with van der Waals surface area (Å²) in [6, 6.07) is 0. The minimum Gasteiger partial charge on any atom is -0.392 e. The predicted octanol–water partition coefficient (Wildman–Crippen LogP) is -0.362. The normalized spacial score (nSPS) is 9.60. The highest BCUT2D eigenvalue weighted by atomic mass is 16.6. The molecule has 0 heterocycles. The van der Waals surface area contributed by atoms with Crippen LogP contribution in [0.4, 0.5) is 0 Å². The molecular weight excluding hydrogens is 134 g/mol. The van der Waals surface area contributed by atoms with E-state index in [1.807, 2.05) is 0 Å². The average Bonchev–Trinajstić information content (AvgIpc) is 1.58. The Hall–Kier alpha value is -0.900. The fraction of sp³-hybridized carbons (Fsp3) is 0.667. The topological polar surface area (TPSA) is 46.6 Å². The lowest BCUT2D eigenvalue weighted by atomic mass is 10.6. The number of nitrogens with zero attached hydrogens (tertiary/aromatic N) is 1. The Morgan fingerprint density at radius 3 is 2.20 bits per heavy atom. The molecule has 0 saturated heterocycles. The van der Waals surface area contributed by atoms with E-state index < -0.39 is 11.9 Å². The number of hydrogen-bond donors (Lipinski definition) is 0. The molecule has 0 aromatic rings. The summed E-state index contributed by atoms with van der Waals surface area (Å²) in [6.07, 6.45) is 0. The first-order valence-electron chi connectivity index (χ1n) is 2.88. The molecule has 0 radical (unpaired) electrons. The van der Waals surface area contributed by atoms with Gasteiger partial charge in [0.1, 0.15) is 0 Å². The van der Waals surface area contributed by atoms with E-state index >= 15 is 0 Å². The van der Waals surface area contributed by atoms with E-state index in [4.69, 9.17) is 0 Å². The minimum absolute atomic E-state index is 0.138. The Kier molecular flexibility index (Phi) is 3.64. The Balaban J connectivity index is 3.54. The third-order valence-electron chi connectivity index (χ3n) is 0.703. The van der Waals surface area contributed by atoms with E-state index in [1.54, 1.807) is 19.0 Å². The van der Waals surface area contributed by atoms with Crippen molar-refractivity contribution in [3.63, 3.8) is 0 Å². The maximum Gasteiger partial charge on any atom is 0.327 e. The highest BCUT2D eigenvalue weighted by molar-refractivity contribution is 5.85. The molecule has 4 nitrogen and oxygen atoms in total. The van der Waals surface area contributed by atoms with Crippen LogP contribution in [-0.2, 0) is 14.3 Å². The van der Waals surface area contributed by atoms with Crippen molar-refractivity contribution in [1.29, 1.82) is 0 Å². The fourth-order valence-electron chi connectivity index (χ4n) is 0.451. The summed E-state index contributed by atoms with van der Waals surface area (Å²) in [5.41, 5.74) is 0. The Morgan fingerprint density at radius 2 is 1.90 bits per heavy atom. The first kappa shape index (κ1) is 9.10. The third-order valence-corrected chi connectivity index (χ3v) is 0.703. The van der Waals surface area contributed by atoms with Gasteiger partial charge in [-0.05, 0) is 14.1 Å². The van der Waals surface area contributed by atoms with Crippen molar-refractivity contribution in [3.05, 3.63) is 0 Å². The Bertz CT molecular complexity index is 142. The summed E-state index contributed by atoms with van der Waals surface area (Å²) < 4.78 is 4.24. The second-order valence-corrected chi connectivity index (χ2v) is 2.20. The van der Waals surface area contributed by atoms with Crippen LogP contribution in [0.3, 0.4) is 0 Å². The monoisotopic (exact) mass is 145 g/mol. The van der Waals surface area contributed by atoms with Crippen molar-refractivity contribution in [2.24, 2.45) is 0 Å². The maximum absolute atomic E-state index is 10.6. The molecule has 0 aliphatic heterocycles. The number of rotatable bonds is 2. The second-order valence-electron chi connectivity index (χ2n) is 2.20. The zero-order valence-corrected chi connectivity index (χ0v) is 6.38. The summed E-state index contributed by atoms with van der Waals surface area (Å²) in [4.78, 5) is 22.4. The molecule has 0 aliphatic rings. The van der Waals surface area contributed by atoms with Gasteiger partial charge < -0.3 is 4.74 Å². The van der Waals surface area contributed by atoms with Crippen LogP contribution < -0.4 is 0 Å². The van der Waals surface area contributed by atoms with Crippen molar-refractivity contribution in [2.75, 3.05) is 20.6 Å². The van der Waals surface area contributed by atoms with E-state index in [2.05, 4.69) is 4.74 Å². The third kappa shape index (κ3) is 5.24. The molecule has 0 aromatic carbocycles. The molecule has 0 aromatic heterocycles. The van der Waals surface area contributed by atoms with Crippen LogP contribution in [0.25, 0.3) is 0 Å². The Labute approximate surface area is 59.8 Å². The van der Waals surface area contributed by atoms with Gasteiger partial charge in [0.2, 0.25) is 0 Å². The van der Waals surface area contributed by atoms with Gasteiger partial charge in [0, 0.05) is 6.92 Å². The average molecular weight is 145 g/mol. The summed E-state index contributed by atoms with van der Waals surface area (Å²) in [5.74, 6) is -1.08. The van der Waals surface area contributed by atoms with Gasteiger partial charge in [-0.2, -0.15) is 0 Å². The van der Waals surface area contributed by atoms with E-state index in [9.17, 15) is 9.59 Å². The first-order valence-corrected chi connectivity index (χ1v) is 2.88. The molecule has 0 atom stereocenters. The van der Waals surface area contributed by atoms with Crippen molar-refractivity contribution >= 4 is 11.9 Å². The highest BCUT2D eigenvalue weighted by Crippen LogP contribution is 1.81. The van der Waals surface area contributed by atoms with Crippen LogP contribution in [-0.4, -0.2) is 37.5 Å². The molecule has 0 rings (SSSR count). The molecule has 10 heavy (non-hydrogen) atoms. The van der Waals surface area contributed by atoms with E-state index in [-0.39, 0.29) is 6.54 Å². The van der Waals surface area contributed by atoms with Gasteiger partial charge in [-0.25, -0.2) is 0 Å². The molecule has 4 heteroatoms. The van der Waals surface area contributed by atoms with E-state index in [0.717, 1.165) is 0 Å². The van der Waals surface area contributed by atoms with Crippen LogP contribution in [0.1, 0.15) is 6.92 Å². The summed E-state index contributed by atoms with van der Waals surface area (Å²) in [7, 11) is 3.45. The number of hydrogen-bond acceptors (Lipinski definition) is 4. The molecular formula is C6H11NO3. The van der Waals surface area contributed by atoms with Gasteiger partial charge in [-0.1, -0.05) is 0 Å². The van der Waals surface area contributed by atoms with Gasteiger partial charge in [-0.3, -0.25) is 14.5 Å². The van der Waals surface area contributed by atoms with Gasteiger partial charge in [0.15, 0.2) is 0 Å². The molecule has 0 saturated carbocycles. The fourth-order valence-corrected chi connectivity index (χ4v) is 0.451.